The van der Waals surface area contributed by atoms with E-state index in [1.54, 1.807) is 0 Å². The van der Waals surface area contributed by atoms with Gasteiger partial charge in [0.25, 0.3) is 5.69 Å². The number of nitro groups is 1. The number of halogens is 2. The normalized spacial score (nSPS) is 9.29. The molecule has 0 fully saturated rings. The minimum absolute atomic E-state index is 0. The Bertz CT molecular complexity index is 463. The standard InChI is InChI=1S/C8H6ClFN2O4.Na.H/c9-4-1-6(11-3-8(13)14)7(12(15)16)2-5(4)10;;/h1-2,11H,3H2,(H,13,14);;/q;+1;-1. The molecule has 0 radical (unpaired) electrons. The van der Waals surface area contributed by atoms with Gasteiger partial charge >= 0.3 is 35.5 Å². The Morgan fingerprint density at radius 2 is 2.24 bits per heavy atom. The Labute approximate surface area is 124 Å². The first-order valence-electron chi connectivity index (χ1n) is 4.01. The van der Waals surface area contributed by atoms with E-state index in [1.807, 2.05) is 0 Å². The number of hydrogen-bond donors (Lipinski definition) is 2. The van der Waals surface area contributed by atoms with Gasteiger partial charge in [0.15, 0.2) is 0 Å². The Kier molecular flexibility index (Phi) is 6.40. The number of anilines is 1. The first kappa shape index (κ1) is 16.1. The summed E-state index contributed by atoms with van der Waals surface area (Å²) in [5.74, 6) is -2.14. The van der Waals surface area contributed by atoms with Crippen LogP contribution >= 0.6 is 11.6 Å². The number of aliphatic carboxylic acids is 1. The second kappa shape index (κ2) is 6.75. The second-order valence-electron chi connectivity index (χ2n) is 2.79. The van der Waals surface area contributed by atoms with E-state index < -0.39 is 28.9 Å². The molecule has 0 saturated carbocycles. The van der Waals surface area contributed by atoms with Crippen molar-refractivity contribution in [3.63, 3.8) is 0 Å². The van der Waals surface area contributed by atoms with Crippen molar-refractivity contribution in [2.45, 2.75) is 0 Å². The molecule has 0 saturated heterocycles. The average molecular weight is 273 g/mol. The number of hydrogen-bond acceptors (Lipinski definition) is 4. The zero-order valence-corrected chi connectivity index (χ0v) is 11.5. The summed E-state index contributed by atoms with van der Waals surface area (Å²) in [5.41, 5.74) is -0.707. The van der Waals surface area contributed by atoms with Crippen LogP contribution in [-0.2, 0) is 4.79 Å². The predicted octanol–water partition coefficient (Wildman–Crippen LogP) is -1.000. The largest absolute Gasteiger partial charge is 1.00 e. The van der Waals surface area contributed by atoms with Gasteiger partial charge in [-0.2, -0.15) is 0 Å². The van der Waals surface area contributed by atoms with E-state index in [2.05, 4.69) is 5.32 Å². The van der Waals surface area contributed by atoms with Gasteiger partial charge in [-0.25, -0.2) is 4.39 Å². The zero-order valence-electron chi connectivity index (χ0n) is 9.74. The van der Waals surface area contributed by atoms with Crippen LogP contribution in [0.5, 0.6) is 0 Å². The summed E-state index contributed by atoms with van der Waals surface area (Å²) in [6.45, 7) is -0.525. The molecule has 2 N–H and O–H groups in total. The Morgan fingerprint density at radius 1 is 1.65 bits per heavy atom. The summed E-state index contributed by atoms with van der Waals surface area (Å²) in [7, 11) is 0. The van der Waals surface area contributed by atoms with Crippen LogP contribution in [0.15, 0.2) is 12.1 Å². The maximum absolute atomic E-state index is 12.9. The summed E-state index contributed by atoms with van der Waals surface area (Å²) in [5, 5.41) is 20.9. The van der Waals surface area contributed by atoms with Crippen LogP contribution in [0, 0.1) is 15.9 Å². The van der Waals surface area contributed by atoms with Crippen molar-refractivity contribution in [1.82, 2.24) is 0 Å². The van der Waals surface area contributed by atoms with Crippen molar-refractivity contribution < 1.29 is 50.2 Å². The van der Waals surface area contributed by atoms with Crippen LogP contribution < -0.4 is 34.9 Å². The number of benzene rings is 1. The molecule has 0 aliphatic carbocycles. The van der Waals surface area contributed by atoms with Gasteiger partial charge < -0.3 is 11.8 Å². The third kappa shape index (κ3) is 4.47. The van der Waals surface area contributed by atoms with Crippen LogP contribution in [0.1, 0.15) is 1.43 Å². The molecule has 17 heavy (non-hydrogen) atoms. The van der Waals surface area contributed by atoms with Gasteiger partial charge in [-0.05, 0) is 6.07 Å². The second-order valence-corrected chi connectivity index (χ2v) is 3.20. The summed E-state index contributed by atoms with van der Waals surface area (Å²) >= 11 is 5.42. The Hall–Kier alpha value is -0.890. The van der Waals surface area contributed by atoms with Gasteiger partial charge in [-0.3, -0.25) is 14.9 Å². The molecule has 0 bridgehead atoms. The molecule has 1 rings (SSSR count). The van der Waals surface area contributed by atoms with Crippen molar-refractivity contribution in [3.8, 4) is 0 Å². The van der Waals surface area contributed by atoms with Gasteiger partial charge in [0.05, 0.1) is 16.0 Å². The van der Waals surface area contributed by atoms with E-state index in [1.165, 1.54) is 0 Å². The molecule has 0 amide bonds. The first-order valence-corrected chi connectivity index (χ1v) is 4.38. The number of carboxylic acids is 1. The predicted molar refractivity (Wildman–Crippen MR) is 55.3 cm³/mol. The van der Waals surface area contributed by atoms with E-state index in [9.17, 15) is 19.3 Å². The summed E-state index contributed by atoms with van der Waals surface area (Å²) in [4.78, 5) is 20.0. The van der Waals surface area contributed by atoms with Crippen molar-refractivity contribution in [2.75, 3.05) is 11.9 Å². The van der Waals surface area contributed by atoms with Crippen molar-refractivity contribution in [3.05, 3.63) is 33.1 Å². The topological polar surface area (TPSA) is 92.5 Å². The summed E-state index contributed by atoms with van der Waals surface area (Å²) in [6, 6.07) is 1.60. The third-order valence-corrected chi connectivity index (χ3v) is 1.96. The van der Waals surface area contributed by atoms with E-state index in [0.29, 0.717) is 6.07 Å². The van der Waals surface area contributed by atoms with Crippen molar-refractivity contribution in [1.29, 1.82) is 0 Å². The monoisotopic (exact) mass is 272 g/mol. The molecule has 88 valence electrons. The maximum atomic E-state index is 12.9. The smallest absolute Gasteiger partial charge is 1.00 e. The van der Waals surface area contributed by atoms with Gasteiger partial charge in [-0.15, -0.1) is 0 Å². The van der Waals surface area contributed by atoms with Gasteiger partial charge in [0, 0.05) is 0 Å². The Balaban J connectivity index is 0. The fourth-order valence-corrected chi connectivity index (χ4v) is 1.16. The van der Waals surface area contributed by atoms with E-state index in [4.69, 9.17) is 16.7 Å². The van der Waals surface area contributed by atoms with Crippen LogP contribution in [0.2, 0.25) is 5.02 Å². The quantitative estimate of drug-likeness (QED) is 0.417. The number of nitrogens with zero attached hydrogens (tertiary/aromatic N) is 1. The van der Waals surface area contributed by atoms with Crippen LogP contribution in [0.25, 0.3) is 0 Å². The van der Waals surface area contributed by atoms with Crippen LogP contribution in [0.3, 0.4) is 0 Å². The molecule has 0 atom stereocenters. The van der Waals surface area contributed by atoms with Gasteiger partial charge in [0.1, 0.15) is 18.0 Å². The van der Waals surface area contributed by atoms with E-state index >= 15 is 0 Å². The van der Waals surface area contributed by atoms with E-state index in [0.717, 1.165) is 6.07 Å². The molecule has 0 spiro atoms. The molecular weight excluding hydrogens is 266 g/mol. The fraction of sp³-hybridized carbons (Fsp3) is 0.125. The SMILES string of the molecule is O=C(O)CNc1cc(Cl)c(F)cc1[N+](=O)[O-].[H-].[Na+]. The molecule has 0 heterocycles. The molecule has 0 unspecified atom stereocenters. The molecule has 9 heteroatoms. The van der Waals surface area contributed by atoms with Gasteiger partial charge in [-0.1, -0.05) is 11.6 Å². The molecule has 1 aromatic rings. The number of nitro benzene ring substituents is 1. The van der Waals surface area contributed by atoms with Crippen molar-refractivity contribution in [2.24, 2.45) is 0 Å². The molecular formula is C8H7ClFN2NaO4. The maximum Gasteiger partial charge on any atom is 1.00 e. The minimum atomic E-state index is -1.20. The molecule has 6 nitrogen and oxygen atoms in total. The number of nitrogens with one attached hydrogen (secondary N) is 1. The van der Waals surface area contributed by atoms with E-state index in [-0.39, 0.29) is 41.7 Å². The summed E-state index contributed by atoms with van der Waals surface area (Å²) < 4.78 is 12.9. The third-order valence-electron chi connectivity index (χ3n) is 1.67. The number of carbonyl (C=O) groups is 1. The Morgan fingerprint density at radius 3 is 2.71 bits per heavy atom. The molecule has 0 aliphatic rings. The average Bonchev–Trinajstić information content (AvgIpc) is 2.18. The minimum Gasteiger partial charge on any atom is -1.00 e. The molecule has 0 aliphatic heterocycles. The first-order chi connectivity index (χ1) is 7.41. The zero-order chi connectivity index (χ0) is 12.3. The van der Waals surface area contributed by atoms with Crippen LogP contribution in [0.4, 0.5) is 15.8 Å². The molecule has 1 aromatic carbocycles. The number of rotatable bonds is 4. The summed E-state index contributed by atoms with van der Waals surface area (Å²) in [6.07, 6.45) is 0. The number of carboxylic acid groups (broad SMARTS) is 1. The van der Waals surface area contributed by atoms with Gasteiger partial charge in [0.2, 0.25) is 0 Å². The fourth-order valence-electron chi connectivity index (χ4n) is 1.000. The molecule has 0 aromatic heterocycles. The van der Waals surface area contributed by atoms with Crippen molar-refractivity contribution >= 4 is 28.9 Å². The van der Waals surface area contributed by atoms with Crippen LogP contribution in [-0.4, -0.2) is 22.5 Å².